The lowest BCUT2D eigenvalue weighted by molar-refractivity contribution is 0.0909. The molecule has 1 amide bonds. The van der Waals surface area contributed by atoms with Crippen molar-refractivity contribution in [3.63, 3.8) is 0 Å². The Morgan fingerprint density at radius 3 is 2.75 bits per heavy atom. The number of piperidine rings is 1. The van der Waals surface area contributed by atoms with Gasteiger partial charge in [0.2, 0.25) is 0 Å². The highest BCUT2D eigenvalue weighted by Gasteiger charge is 2.21. The lowest BCUT2D eigenvalue weighted by Gasteiger charge is -2.31. The van der Waals surface area contributed by atoms with E-state index in [4.69, 9.17) is 16.3 Å². The molecule has 1 fully saturated rings. The van der Waals surface area contributed by atoms with Crippen molar-refractivity contribution < 1.29 is 9.53 Å². The molecule has 1 N–H and O–H groups in total. The molecule has 0 saturated carbocycles. The fraction of sp³-hybridized carbons (Fsp3) is 0.533. The normalized spacial score (nSPS) is 16.9. The second-order valence-electron chi connectivity index (χ2n) is 5.03. The summed E-state index contributed by atoms with van der Waals surface area (Å²) in [5.41, 5.74) is 0.498. The lowest BCUT2D eigenvalue weighted by atomic mass is 10.0. The number of rotatable bonds is 4. The Balaban J connectivity index is 2.00. The number of hydrogen-bond donors (Lipinski definition) is 1. The molecule has 4 nitrogen and oxygen atoms in total. The van der Waals surface area contributed by atoms with E-state index in [1.807, 2.05) is 0 Å². The number of hydrogen-bond acceptors (Lipinski definition) is 3. The van der Waals surface area contributed by atoms with Gasteiger partial charge in [0, 0.05) is 24.2 Å². The molecule has 20 heavy (non-hydrogen) atoms. The molecule has 5 heteroatoms. The van der Waals surface area contributed by atoms with Crippen molar-refractivity contribution in [1.82, 2.24) is 10.2 Å². The fourth-order valence-corrected chi connectivity index (χ4v) is 2.69. The number of likely N-dealkylation sites (tertiary alicyclic amines) is 1. The summed E-state index contributed by atoms with van der Waals surface area (Å²) in [6, 6.07) is 5.32. The number of benzene rings is 1. The minimum atomic E-state index is -0.112. The van der Waals surface area contributed by atoms with Gasteiger partial charge >= 0.3 is 0 Å². The maximum Gasteiger partial charge on any atom is 0.255 e. The van der Waals surface area contributed by atoms with Gasteiger partial charge in [0.1, 0.15) is 5.75 Å². The van der Waals surface area contributed by atoms with E-state index in [1.54, 1.807) is 25.3 Å². The maximum absolute atomic E-state index is 12.3. The van der Waals surface area contributed by atoms with Gasteiger partial charge in [0.15, 0.2) is 0 Å². The smallest absolute Gasteiger partial charge is 0.255 e. The van der Waals surface area contributed by atoms with Crippen LogP contribution in [0.1, 0.15) is 30.1 Å². The first kappa shape index (κ1) is 15.1. The van der Waals surface area contributed by atoms with Gasteiger partial charge in [-0.2, -0.15) is 0 Å². The van der Waals surface area contributed by atoms with Crippen LogP contribution >= 0.6 is 11.6 Å². The first-order chi connectivity index (χ1) is 9.63. The molecule has 110 valence electrons. The number of carbonyl (C=O) groups is 1. The summed E-state index contributed by atoms with van der Waals surface area (Å²) in [4.78, 5) is 14.7. The lowest BCUT2D eigenvalue weighted by Crippen LogP contribution is -2.44. The standard InChI is InChI=1S/C15H21ClN2O2/c1-3-18-8-6-12(7-9-18)17-15(19)13-10-11(16)4-5-14(13)20-2/h4-5,10,12H,3,6-9H2,1-2H3,(H,17,19). The zero-order chi connectivity index (χ0) is 14.5. The van der Waals surface area contributed by atoms with Crippen molar-refractivity contribution in [2.24, 2.45) is 0 Å². The zero-order valence-corrected chi connectivity index (χ0v) is 12.7. The molecule has 0 unspecified atom stereocenters. The van der Waals surface area contributed by atoms with E-state index < -0.39 is 0 Å². The molecular formula is C15H21ClN2O2. The van der Waals surface area contributed by atoms with Gasteiger partial charge < -0.3 is 15.0 Å². The van der Waals surface area contributed by atoms with Crippen LogP contribution in [-0.2, 0) is 0 Å². The fourth-order valence-electron chi connectivity index (χ4n) is 2.51. The summed E-state index contributed by atoms with van der Waals surface area (Å²) < 4.78 is 5.22. The van der Waals surface area contributed by atoms with Gasteiger partial charge in [-0.3, -0.25) is 4.79 Å². The van der Waals surface area contributed by atoms with Crippen LogP contribution in [0, 0.1) is 0 Å². The minimum absolute atomic E-state index is 0.112. The highest BCUT2D eigenvalue weighted by Crippen LogP contribution is 2.23. The van der Waals surface area contributed by atoms with Gasteiger partial charge in [0.05, 0.1) is 12.7 Å². The second kappa shape index (κ2) is 6.95. The molecule has 1 aromatic carbocycles. The number of nitrogens with one attached hydrogen (secondary N) is 1. The number of ether oxygens (including phenoxy) is 1. The first-order valence-electron chi connectivity index (χ1n) is 7.00. The summed E-state index contributed by atoms with van der Waals surface area (Å²) in [6.07, 6.45) is 1.98. The van der Waals surface area contributed by atoms with Crippen LogP contribution in [-0.4, -0.2) is 43.6 Å². The average molecular weight is 297 g/mol. The van der Waals surface area contributed by atoms with E-state index in [-0.39, 0.29) is 11.9 Å². The molecule has 1 aliphatic heterocycles. The molecule has 2 rings (SSSR count). The molecular weight excluding hydrogens is 276 g/mol. The minimum Gasteiger partial charge on any atom is -0.496 e. The van der Waals surface area contributed by atoms with Gasteiger partial charge in [-0.15, -0.1) is 0 Å². The number of methoxy groups -OCH3 is 1. The molecule has 1 aliphatic rings. The zero-order valence-electron chi connectivity index (χ0n) is 12.0. The predicted octanol–water partition coefficient (Wildman–Crippen LogP) is 2.56. The Labute approximate surface area is 125 Å². The van der Waals surface area contributed by atoms with Crippen LogP contribution in [0.3, 0.4) is 0 Å². The number of carbonyl (C=O) groups excluding carboxylic acids is 1. The Bertz CT molecular complexity index is 471. The molecule has 0 aromatic heterocycles. The molecule has 0 spiro atoms. The van der Waals surface area contributed by atoms with Crippen molar-refractivity contribution in [3.8, 4) is 5.75 Å². The quantitative estimate of drug-likeness (QED) is 0.928. The van der Waals surface area contributed by atoms with Crippen LogP contribution in [0.4, 0.5) is 0 Å². The van der Waals surface area contributed by atoms with Gasteiger partial charge in [-0.1, -0.05) is 18.5 Å². The van der Waals surface area contributed by atoms with Gasteiger partial charge in [-0.05, 0) is 37.6 Å². The number of halogens is 1. The Hall–Kier alpha value is -1.26. The first-order valence-corrected chi connectivity index (χ1v) is 7.38. The Morgan fingerprint density at radius 2 is 2.15 bits per heavy atom. The second-order valence-corrected chi connectivity index (χ2v) is 5.46. The monoisotopic (exact) mass is 296 g/mol. The van der Waals surface area contributed by atoms with E-state index in [2.05, 4.69) is 17.1 Å². The van der Waals surface area contributed by atoms with Crippen LogP contribution in [0.15, 0.2) is 18.2 Å². The Kier molecular flexibility index (Phi) is 5.26. The van der Waals surface area contributed by atoms with Crippen molar-refractivity contribution >= 4 is 17.5 Å². The van der Waals surface area contributed by atoms with E-state index in [9.17, 15) is 4.79 Å². The third-order valence-electron chi connectivity index (χ3n) is 3.78. The van der Waals surface area contributed by atoms with Crippen molar-refractivity contribution in [1.29, 1.82) is 0 Å². The predicted molar refractivity (Wildman–Crippen MR) is 80.6 cm³/mol. The molecule has 1 aromatic rings. The SMILES string of the molecule is CCN1CCC(NC(=O)c2cc(Cl)ccc2OC)CC1. The van der Waals surface area contributed by atoms with Crippen LogP contribution < -0.4 is 10.1 Å². The molecule has 1 heterocycles. The van der Waals surface area contributed by atoms with Crippen LogP contribution in [0.2, 0.25) is 5.02 Å². The largest absolute Gasteiger partial charge is 0.496 e. The number of amides is 1. The molecule has 1 saturated heterocycles. The van der Waals surface area contributed by atoms with Gasteiger partial charge in [-0.25, -0.2) is 0 Å². The van der Waals surface area contributed by atoms with Crippen molar-refractivity contribution in [3.05, 3.63) is 28.8 Å². The third kappa shape index (κ3) is 3.64. The highest BCUT2D eigenvalue weighted by atomic mass is 35.5. The molecule has 0 radical (unpaired) electrons. The van der Waals surface area contributed by atoms with Crippen LogP contribution in [0.5, 0.6) is 5.75 Å². The average Bonchev–Trinajstić information content (AvgIpc) is 2.48. The van der Waals surface area contributed by atoms with Crippen LogP contribution in [0.25, 0.3) is 0 Å². The van der Waals surface area contributed by atoms with Crippen molar-refractivity contribution in [2.75, 3.05) is 26.7 Å². The number of nitrogens with zero attached hydrogens (tertiary/aromatic N) is 1. The summed E-state index contributed by atoms with van der Waals surface area (Å²) >= 11 is 5.96. The van der Waals surface area contributed by atoms with E-state index in [0.29, 0.717) is 16.3 Å². The molecule has 0 aliphatic carbocycles. The molecule has 0 bridgehead atoms. The van der Waals surface area contributed by atoms with Crippen molar-refractivity contribution in [2.45, 2.75) is 25.8 Å². The summed E-state index contributed by atoms with van der Waals surface area (Å²) in [7, 11) is 1.56. The highest BCUT2D eigenvalue weighted by molar-refractivity contribution is 6.31. The Morgan fingerprint density at radius 1 is 1.45 bits per heavy atom. The maximum atomic E-state index is 12.3. The van der Waals surface area contributed by atoms with Gasteiger partial charge in [0.25, 0.3) is 5.91 Å². The summed E-state index contributed by atoms with van der Waals surface area (Å²) in [5, 5.41) is 3.62. The van der Waals surface area contributed by atoms with E-state index in [0.717, 1.165) is 32.5 Å². The topological polar surface area (TPSA) is 41.6 Å². The third-order valence-corrected chi connectivity index (χ3v) is 4.01. The summed E-state index contributed by atoms with van der Waals surface area (Å²) in [6.45, 7) is 5.31. The van der Waals surface area contributed by atoms with E-state index >= 15 is 0 Å². The van der Waals surface area contributed by atoms with E-state index in [1.165, 1.54) is 0 Å². The summed E-state index contributed by atoms with van der Waals surface area (Å²) in [5.74, 6) is 0.442. The molecule has 0 atom stereocenters.